The van der Waals surface area contributed by atoms with Crippen molar-refractivity contribution in [3.8, 4) is 17.2 Å². The molecule has 1 aromatic heterocycles. The van der Waals surface area contributed by atoms with E-state index in [1.807, 2.05) is 30.5 Å². The summed E-state index contributed by atoms with van der Waals surface area (Å²) in [4.78, 5) is 18.9. The number of para-hydroxylation sites is 1. The van der Waals surface area contributed by atoms with Crippen molar-refractivity contribution in [2.24, 2.45) is 0 Å². The summed E-state index contributed by atoms with van der Waals surface area (Å²) in [6.07, 6.45) is 0. The van der Waals surface area contributed by atoms with Gasteiger partial charge in [0, 0.05) is 42.7 Å². The minimum Gasteiger partial charge on any atom is -0.493 e. The minimum absolute atomic E-state index is 0.0150. The lowest BCUT2D eigenvalue weighted by atomic mass is 10.0. The third-order valence-electron chi connectivity index (χ3n) is 6.49. The van der Waals surface area contributed by atoms with Crippen LogP contribution in [0.25, 0.3) is 0 Å². The second kappa shape index (κ2) is 11.6. The Bertz CT molecular complexity index is 1140. The van der Waals surface area contributed by atoms with Crippen molar-refractivity contribution in [1.29, 1.82) is 0 Å². The molecule has 1 N–H and O–H groups in total. The van der Waals surface area contributed by atoms with Gasteiger partial charge in [0.05, 0.1) is 33.1 Å². The van der Waals surface area contributed by atoms with Crippen LogP contribution in [0, 0.1) is 5.82 Å². The Morgan fingerprint density at radius 1 is 0.972 bits per heavy atom. The van der Waals surface area contributed by atoms with Crippen molar-refractivity contribution in [1.82, 2.24) is 10.2 Å². The second-order valence-corrected chi connectivity index (χ2v) is 9.59. The number of hydrogen-bond donors (Lipinski definition) is 1. The van der Waals surface area contributed by atoms with Crippen molar-refractivity contribution >= 4 is 22.9 Å². The fourth-order valence-electron chi connectivity index (χ4n) is 4.73. The number of benzene rings is 2. The molecule has 3 aromatic rings. The number of thiophene rings is 1. The first kappa shape index (κ1) is 25.8. The van der Waals surface area contributed by atoms with Crippen LogP contribution in [0.3, 0.4) is 0 Å². The fraction of sp³-hybridized carbons (Fsp3) is 0.370. The maximum atomic E-state index is 14.3. The molecule has 0 aliphatic carbocycles. The van der Waals surface area contributed by atoms with Gasteiger partial charge in [-0.15, -0.1) is 11.3 Å². The number of rotatable bonds is 9. The number of nitrogens with one attached hydrogen (secondary N) is 1. The SMILES string of the molecule is COc1cc(C(=O)N[C@@H](C)[C@H](c2cccs2)N2CCN(c3ccccc3F)CC2)cc(OC)c1OC. The van der Waals surface area contributed by atoms with E-state index in [1.165, 1.54) is 32.3 Å². The average molecular weight is 514 g/mol. The van der Waals surface area contributed by atoms with Gasteiger partial charge in [0.15, 0.2) is 11.5 Å². The first-order chi connectivity index (χ1) is 17.5. The number of nitrogens with zero attached hydrogens (tertiary/aromatic N) is 2. The molecule has 36 heavy (non-hydrogen) atoms. The number of methoxy groups -OCH3 is 3. The largest absolute Gasteiger partial charge is 0.493 e. The zero-order valence-corrected chi connectivity index (χ0v) is 21.8. The number of ether oxygens (including phenoxy) is 3. The topological polar surface area (TPSA) is 63.3 Å². The Hall–Kier alpha value is -3.30. The van der Waals surface area contributed by atoms with E-state index in [9.17, 15) is 9.18 Å². The minimum atomic E-state index is -0.228. The highest BCUT2D eigenvalue weighted by atomic mass is 32.1. The van der Waals surface area contributed by atoms with Gasteiger partial charge in [-0.3, -0.25) is 9.69 Å². The molecule has 1 amide bonds. The lowest BCUT2D eigenvalue weighted by Crippen LogP contribution is -2.52. The summed E-state index contributed by atoms with van der Waals surface area (Å²) in [7, 11) is 4.57. The molecule has 1 aliphatic heterocycles. The van der Waals surface area contributed by atoms with E-state index in [0.29, 0.717) is 41.6 Å². The Morgan fingerprint density at radius 2 is 1.64 bits per heavy atom. The van der Waals surface area contributed by atoms with Crippen molar-refractivity contribution in [2.45, 2.75) is 19.0 Å². The summed E-state index contributed by atoms with van der Waals surface area (Å²) in [5.41, 5.74) is 1.05. The summed E-state index contributed by atoms with van der Waals surface area (Å²) in [6.45, 7) is 4.93. The molecule has 0 saturated carbocycles. The zero-order valence-electron chi connectivity index (χ0n) is 21.0. The normalized spacial score (nSPS) is 15.8. The molecule has 0 bridgehead atoms. The lowest BCUT2D eigenvalue weighted by molar-refractivity contribution is 0.0889. The Balaban J connectivity index is 1.51. The molecule has 1 saturated heterocycles. The molecule has 1 aliphatic rings. The lowest BCUT2D eigenvalue weighted by Gasteiger charge is -2.42. The summed E-state index contributed by atoms with van der Waals surface area (Å²) >= 11 is 1.67. The van der Waals surface area contributed by atoms with E-state index >= 15 is 0 Å². The number of amides is 1. The van der Waals surface area contributed by atoms with Crippen LogP contribution >= 0.6 is 11.3 Å². The van der Waals surface area contributed by atoms with Gasteiger partial charge in [-0.25, -0.2) is 4.39 Å². The fourth-order valence-corrected chi connectivity index (χ4v) is 5.70. The predicted molar refractivity (Wildman–Crippen MR) is 140 cm³/mol. The van der Waals surface area contributed by atoms with Crippen LogP contribution in [-0.2, 0) is 0 Å². The van der Waals surface area contributed by atoms with Gasteiger partial charge in [-0.2, -0.15) is 0 Å². The van der Waals surface area contributed by atoms with Gasteiger partial charge in [-0.1, -0.05) is 18.2 Å². The van der Waals surface area contributed by atoms with E-state index in [0.717, 1.165) is 13.1 Å². The van der Waals surface area contributed by atoms with Gasteiger partial charge < -0.3 is 24.4 Å². The van der Waals surface area contributed by atoms with Crippen molar-refractivity contribution < 1.29 is 23.4 Å². The van der Waals surface area contributed by atoms with Crippen LogP contribution in [0.15, 0.2) is 53.9 Å². The van der Waals surface area contributed by atoms with E-state index in [2.05, 4.69) is 21.2 Å². The van der Waals surface area contributed by atoms with Gasteiger partial charge >= 0.3 is 0 Å². The molecule has 2 atom stereocenters. The summed E-state index contributed by atoms with van der Waals surface area (Å²) in [5, 5.41) is 5.22. The molecule has 9 heteroatoms. The average Bonchev–Trinajstić information content (AvgIpc) is 3.43. The molecular weight excluding hydrogens is 481 g/mol. The predicted octanol–water partition coefficient (Wildman–Crippen LogP) is 4.59. The molecule has 4 rings (SSSR count). The first-order valence-electron chi connectivity index (χ1n) is 11.8. The first-order valence-corrected chi connectivity index (χ1v) is 12.7. The van der Waals surface area contributed by atoms with Crippen molar-refractivity contribution in [3.05, 3.63) is 70.2 Å². The number of carbonyl (C=O) groups excluding carboxylic acids is 1. The second-order valence-electron chi connectivity index (χ2n) is 8.61. The highest BCUT2D eigenvalue weighted by Crippen LogP contribution is 2.38. The molecule has 192 valence electrons. The number of piperazine rings is 1. The summed E-state index contributed by atoms with van der Waals surface area (Å²) in [6, 6.07) is 14.1. The number of halogens is 1. The van der Waals surface area contributed by atoms with Crippen LogP contribution in [0.1, 0.15) is 28.2 Å². The Kier molecular flexibility index (Phi) is 8.32. The monoisotopic (exact) mass is 513 g/mol. The van der Waals surface area contributed by atoms with Gasteiger partial charge in [0.25, 0.3) is 5.91 Å². The molecule has 0 radical (unpaired) electrons. The standard InChI is InChI=1S/C27H32FN3O4S/c1-18(29-27(32)19-16-22(33-2)26(35-4)23(17-19)34-3)25(24-10-7-15-36-24)31-13-11-30(12-14-31)21-9-6-5-8-20(21)28/h5-10,15-18,25H,11-14H2,1-4H3,(H,29,32)/t18-,25+/m0/s1. The van der Waals surface area contributed by atoms with Gasteiger partial charge in [-0.05, 0) is 42.6 Å². The third-order valence-corrected chi connectivity index (χ3v) is 7.44. The van der Waals surface area contributed by atoms with Crippen molar-refractivity contribution in [2.75, 3.05) is 52.4 Å². The zero-order chi connectivity index (χ0) is 25.7. The van der Waals surface area contributed by atoms with Crippen molar-refractivity contribution in [3.63, 3.8) is 0 Å². The Morgan fingerprint density at radius 3 is 2.19 bits per heavy atom. The Labute approximate surface area is 215 Å². The molecule has 1 fully saturated rings. The molecule has 0 spiro atoms. The quantitative estimate of drug-likeness (QED) is 0.452. The smallest absolute Gasteiger partial charge is 0.251 e. The van der Waals surface area contributed by atoms with E-state index in [1.54, 1.807) is 29.5 Å². The third kappa shape index (κ3) is 5.42. The summed E-state index contributed by atoms with van der Waals surface area (Å²) < 4.78 is 30.5. The van der Waals surface area contributed by atoms with Crippen LogP contribution in [0.4, 0.5) is 10.1 Å². The van der Waals surface area contributed by atoms with E-state index in [4.69, 9.17) is 14.2 Å². The number of hydrogen-bond acceptors (Lipinski definition) is 7. The van der Waals surface area contributed by atoms with Gasteiger partial charge in [0.1, 0.15) is 5.82 Å². The molecule has 2 heterocycles. The van der Waals surface area contributed by atoms with E-state index in [-0.39, 0.29) is 23.8 Å². The van der Waals surface area contributed by atoms with Crippen LogP contribution in [0.2, 0.25) is 0 Å². The van der Waals surface area contributed by atoms with Gasteiger partial charge in [0.2, 0.25) is 5.75 Å². The van der Waals surface area contributed by atoms with Crippen LogP contribution in [-0.4, -0.2) is 64.4 Å². The highest BCUT2D eigenvalue weighted by Gasteiger charge is 2.32. The molecular formula is C27H32FN3O4S. The summed E-state index contributed by atoms with van der Waals surface area (Å²) in [5.74, 6) is 0.858. The van der Waals surface area contributed by atoms with E-state index < -0.39 is 0 Å². The molecule has 0 unspecified atom stereocenters. The molecule has 2 aromatic carbocycles. The number of anilines is 1. The molecule has 7 nitrogen and oxygen atoms in total. The maximum absolute atomic E-state index is 14.3. The number of carbonyl (C=O) groups is 1. The highest BCUT2D eigenvalue weighted by molar-refractivity contribution is 7.10. The van der Waals surface area contributed by atoms with Crippen LogP contribution < -0.4 is 24.4 Å². The van der Waals surface area contributed by atoms with Crippen LogP contribution in [0.5, 0.6) is 17.2 Å². The maximum Gasteiger partial charge on any atom is 0.251 e.